The van der Waals surface area contributed by atoms with Crippen molar-refractivity contribution >= 4 is 53.0 Å². The monoisotopic (exact) mass is 957 g/mol. The fraction of sp³-hybridized carbons (Fsp3) is 0.408. The summed E-state index contributed by atoms with van der Waals surface area (Å²) in [5, 5.41) is 15.2. The first-order valence-electron chi connectivity index (χ1n) is 23.5. The van der Waals surface area contributed by atoms with Crippen molar-refractivity contribution in [3.05, 3.63) is 96.4 Å². The Hall–Kier alpha value is -7.97. The van der Waals surface area contributed by atoms with E-state index in [-0.39, 0.29) is 62.1 Å². The number of amides is 8. The second-order valence-electron chi connectivity index (χ2n) is 17.7. The number of fused-ring (bicyclic) bond motifs is 1. The van der Waals surface area contributed by atoms with Crippen LogP contribution in [-0.4, -0.2) is 119 Å². The predicted molar refractivity (Wildman–Crippen MR) is 257 cm³/mol. The number of pyridine rings is 2. The molecule has 0 spiro atoms. The Balaban J connectivity index is 0.889. The Bertz CT molecular complexity index is 2710. The van der Waals surface area contributed by atoms with Gasteiger partial charge in [-0.15, -0.1) is 0 Å². The number of rotatable bonds is 21. The number of nitrogens with zero attached hydrogens (tertiary/aromatic N) is 7. The molecule has 0 bridgehead atoms. The van der Waals surface area contributed by atoms with Crippen LogP contribution in [0.2, 0.25) is 0 Å². The van der Waals surface area contributed by atoms with Gasteiger partial charge in [0.1, 0.15) is 30.8 Å². The molecule has 0 radical (unpaired) electrons. The number of aryl methyl sites for hydroxylation is 1. The molecule has 21 nitrogen and oxygen atoms in total. The first-order valence-corrected chi connectivity index (χ1v) is 23.5. The van der Waals surface area contributed by atoms with Gasteiger partial charge in [-0.1, -0.05) is 38.5 Å². The van der Waals surface area contributed by atoms with Crippen LogP contribution in [0, 0.1) is 12.8 Å². The van der Waals surface area contributed by atoms with Crippen LogP contribution in [0.5, 0.6) is 0 Å². The van der Waals surface area contributed by atoms with E-state index in [1.54, 1.807) is 47.5 Å². The lowest BCUT2D eigenvalue weighted by atomic mass is 9.96. The summed E-state index contributed by atoms with van der Waals surface area (Å²) in [6.07, 6.45) is 8.95. The van der Waals surface area contributed by atoms with Crippen molar-refractivity contribution in [3.63, 3.8) is 0 Å². The number of nitrogens with two attached hydrogens (primary N) is 1. The maximum Gasteiger partial charge on any atom is 0.410 e. The standard InChI is InChI=1S/C49H59N13O8/c1-30(2)42(57-39(63)12-5-4-6-24-61-40(64)19-20-41(61)65)47(67)56-37(11-8-23-51-48(50)68)46(66)55-35-16-13-32(14-17-35)28-70-49(69)60-25-21-33(22-26-60)45-58-43(34-15-18-38-52-29-53-62(38)27-34)44(59-45)36-10-7-9-31(3)54-36/h7,9-10,13-20,27,29-30,33,37,42H,4-6,8,11-12,21-26,28H2,1-3H3,(H,55,66)(H,56,67)(H,57,63)(H,58,59)(H3,50,51,68). The Morgan fingerprint density at radius 1 is 0.886 bits per heavy atom. The number of unbranched alkanes of at least 4 members (excludes halogenated alkanes) is 2. The molecule has 7 rings (SSSR count). The number of hydrogen-bond donors (Lipinski definition) is 6. The smallest absolute Gasteiger partial charge is 0.410 e. The van der Waals surface area contributed by atoms with E-state index in [1.165, 1.54) is 18.5 Å². The lowest BCUT2D eigenvalue weighted by molar-refractivity contribution is -0.137. The molecule has 8 amide bonds. The molecule has 368 valence electrons. The van der Waals surface area contributed by atoms with Crippen LogP contribution in [0.4, 0.5) is 15.3 Å². The number of hydrogen-bond acceptors (Lipinski definition) is 12. The number of H-pyrrole nitrogens is 1. The predicted octanol–water partition coefficient (Wildman–Crippen LogP) is 4.50. The molecule has 4 aromatic heterocycles. The lowest BCUT2D eigenvalue weighted by Gasteiger charge is -2.30. The van der Waals surface area contributed by atoms with Crippen molar-refractivity contribution in [1.82, 2.24) is 55.3 Å². The lowest BCUT2D eigenvalue weighted by Crippen LogP contribution is -2.54. The van der Waals surface area contributed by atoms with Gasteiger partial charge in [0.2, 0.25) is 17.7 Å². The second kappa shape index (κ2) is 23.4. The Morgan fingerprint density at radius 2 is 1.64 bits per heavy atom. The number of primary amides is 1. The molecule has 0 aliphatic carbocycles. The fourth-order valence-electron chi connectivity index (χ4n) is 8.32. The van der Waals surface area contributed by atoms with Gasteiger partial charge in [-0.2, -0.15) is 5.10 Å². The first-order chi connectivity index (χ1) is 33.7. The van der Waals surface area contributed by atoms with Gasteiger partial charge in [0, 0.05) is 73.8 Å². The highest BCUT2D eigenvalue weighted by molar-refractivity contribution is 6.12. The van der Waals surface area contributed by atoms with E-state index in [0.29, 0.717) is 62.9 Å². The highest BCUT2D eigenvalue weighted by Crippen LogP contribution is 2.34. The molecule has 70 heavy (non-hydrogen) atoms. The largest absolute Gasteiger partial charge is 0.445 e. The number of carbonyl (C=O) groups excluding carboxylic acids is 7. The third-order valence-electron chi connectivity index (χ3n) is 12.2. The van der Waals surface area contributed by atoms with Gasteiger partial charge in [-0.25, -0.2) is 24.1 Å². The summed E-state index contributed by atoms with van der Waals surface area (Å²) < 4.78 is 7.41. The zero-order valence-electron chi connectivity index (χ0n) is 39.5. The van der Waals surface area contributed by atoms with Crippen LogP contribution in [-0.2, 0) is 35.3 Å². The number of imide groups is 1. The number of carbonyl (C=O) groups is 7. The van der Waals surface area contributed by atoms with Crippen LogP contribution in [0.25, 0.3) is 28.3 Å². The molecule has 6 heterocycles. The Morgan fingerprint density at radius 3 is 2.36 bits per heavy atom. The van der Waals surface area contributed by atoms with E-state index < -0.39 is 36.0 Å². The summed E-state index contributed by atoms with van der Waals surface area (Å²) in [5.41, 5.74) is 11.1. The Labute approximate surface area is 404 Å². The summed E-state index contributed by atoms with van der Waals surface area (Å²) in [5.74, 6) is -1.56. The van der Waals surface area contributed by atoms with Crippen LogP contribution < -0.4 is 27.0 Å². The van der Waals surface area contributed by atoms with Crippen LogP contribution in [0.1, 0.15) is 88.2 Å². The van der Waals surface area contributed by atoms with Crippen molar-refractivity contribution in [2.45, 2.75) is 96.7 Å². The van der Waals surface area contributed by atoms with E-state index in [2.05, 4.69) is 36.3 Å². The molecule has 1 saturated heterocycles. The number of anilines is 1. The van der Waals surface area contributed by atoms with Gasteiger partial charge in [0.15, 0.2) is 5.65 Å². The average Bonchev–Trinajstić information content (AvgIpc) is 4.09. The number of likely N-dealkylation sites (tertiary alicyclic amines) is 1. The van der Waals surface area contributed by atoms with Crippen molar-refractivity contribution in [2.75, 3.05) is 31.5 Å². The number of urea groups is 1. The number of nitrogens with one attached hydrogen (secondary N) is 5. The molecular weight excluding hydrogens is 899 g/mol. The van der Waals surface area contributed by atoms with Gasteiger partial charge in [-0.05, 0) is 93.3 Å². The van der Waals surface area contributed by atoms with Gasteiger partial charge < -0.3 is 41.6 Å². The number of ether oxygens (including phenoxy) is 1. The third-order valence-corrected chi connectivity index (χ3v) is 12.2. The minimum absolute atomic E-state index is 0.00366. The first kappa shape index (κ1) is 49.9. The summed E-state index contributed by atoms with van der Waals surface area (Å²) in [4.78, 5) is 109. The summed E-state index contributed by atoms with van der Waals surface area (Å²) >= 11 is 0. The van der Waals surface area contributed by atoms with Crippen molar-refractivity contribution in [3.8, 4) is 22.6 Å². The maximum absolute atomic E-state index is 13.6. The summed E-state index contributed by atoms with van der Waals surface area (Å²) in [6.45, 7) is 6.88. The second-order valence-corrected chi connectivity index (χ2v) is 17.7. The van der Waals surface area contributed by atoms with Crippen molar-refractivity contribution in [1.29, 1.82) is 0 Å². The molecule has 21 heteroatoms. The number of benzene rings is 1. The van der Waals surface area contributed by atoms with Crippen LogP contribution in [0.15, 0.2) is 79.3 Å². The quantitative estimate of drug-likeness (QED) is 0.0438. The minimum Gasteiger partial charge on any atom is -0.445 e. The summed E-state index contributed by atoms with van der Waals surface area (Å²) in [7, 11) is 0. The van der Waals surface area contributed by atoms with Crippen LogP contribution >= 0.6 is 0 Å². The summed E-state index contributed by atoms with van der Waals surface area (Å²) in [6, 6.07) is 13.8. The molecule has 2 unspecified atom stereocenters. The maximum atomic E-state index is 13.6. The fourth-order valence-corrected chi connectivity index (χ4v) is 8.32. The molecule has 5 aromatic rings. The minimum atomic E-state index is -1.03. The highest BCUT2D eigenvalue weighted by Gasteiger charge is 2.31. The van der Waals surface area contributed by atoms with E-state index in [0.717, 1.165) is 44.7 Å². The molecule has 0 saturated carbocycles. The highest BCUT2D eigenvalue weighted by atomic mass is 16.6. The molecule has 1 fully saturated rings. The number of imidazole rings is 1. The molecule has 2 aliphatic rings. The van der Waals surface area contributed by atoms with E-state index >= 15 is 0 Å². The van der Waals surface area contributed by atoms with Gasteiger partial charge in [-0.3, -0.25) is 33.9 Å². The van der Waals surface area contributed by atoms with Crippen molar-refractivity contribution in [2.24, 2.45) is 11.7 Å². The van der Waals surface area contributed by atoms with E-state index in [4.69, 9.17) is 20.4 Å². The topological polar surface area (TPSA) is 281 Å². The molecule has 7 N–H and O–H groups in total. The third kappa shape index (κ3) is 13.2. The number of aromatic nitrogens is 6. The van der Waals surface area contributed by atoms with Crippen LogP contribution in [0.3, 0.4) is 0 Å². The average molecular weight is 958 g/mol. The van der Waals surface area contributed by atoms with E-state index in [1.807, 2.05) is 43.5 Å². The van der Waals surface area contributed by atoms with Crippen molar-refractivity contribution < 1.29 is 38.3 Å². The number of aromatic amines is 1. The van der Waals surface area contributed by atoms with Gasteiger partial charge in [0.25, 0.3) is 11.8 Å². The zero-order valence-corrected chi connectivity index (χ0v) is 39.5. The SMILES string of the molecule is Cc1cccc(-c2[nH]c(C3CCN(C(=O)OCc4ccc(NC(=O)C(CCCNC(N)=O)NC(=O)C(NC(=O)CCCCCN5C(=O)C=CC5=O)C(C)C)cc4)CC3)nc2-c2ccc3ncnn3c2)n1. The zero-order chi connectivity index (χ0) is 49.7. The number of piperidine rings is 1. The molecule has 2 atom stereocenters. The van der Waals surface area contributed by atoms with Gasteiger partial charge >= 0.3 is 12.1 Å². The molecular formula is C49H59N13O8. The molecule has 1 aromatic carbocycles. The van der Waals surface area contributed by atoms with Gasteiger partial charge in [0.05, 0.1) is 17.1 Å². The van der Waals surface area contributed by atoms with E-state index in [9.17, 15) is 33.6 Å². The molecule has 2 aliphatic heterocycles. The normalized spacial score (nSPS) is 14.7. The Kier molecular flexibility index (Phi) is 16.7.